The minimum atomic E-state index is 0.249. The number of methoxy groups -OCH3 is 1. The summed E-state index contributed by atoms with van der Waals surface area (Å²) in [4.78, 5) is 0. The van der Waals surface area contributed by atoms with E-state index in [-0.39, 0.29) is 6.10 Å². The highest BCUT2D eigenvalue weighted by atomic mass is 16.5. The molecule has 0 saturated carbocycles. The van der Waals surface area contributed by atoms with E-state index in [1.165, 1.54) is 5.56 Å². The minimum Gasteiger partial charge on any atom is -0.380 e. The summed E-state index contributed by atoms with van der Waals surface area (Å²) >= 11 is 0. The molecule has 0 aliphatic heterocycles. The fraction of sp³-hybridized carbons (Fsp3) is 0.500. The molecule has 0 aromatic heterocycles. The average molecular weight is 193 g/mol. The van der Waals surface area contributed by atoms with Gasteiger partial charge in [0, 0.05) is 19.7 Å². The van der Waals surface area contributed by atoms with Gasteiger partial charge in [-0.3, -0.25) is 0 Å². The third kappa shape index (κ3) is 3.48. The smallest absolute Gasteiger partial charge is 0.0693 e. The average Bonchev–Trinajstić information content (AvgIpc) is 2.26. The molecule has 78 valence electrons. The van der Waals surface area contributed by atoms with Gasteiger partial charge in [-0.2, -0.15) is 0 Å². The molecule has 0 bridgehead atoms. The van der Waals surface area contributed by atoms with E-state index in [0.717, 1.165) is 6.54 Å². The fourth-order valence-corrected chi connectivity index (χ4v) is 1.24. The molecule has 2 heteroatoms. The van der Waals surface area contributed by atoms with Gasteiger partial charge in [0.15, 0.2) is 0 Å². The highest BCUT2D eigenvalue weighted by Gasteiger charge is 2.09. The van der Waals surface area contributed by atoms with Crippen molar-refractivity contribution in [2.75, 3.05) is 7.11 Å². The van der Waals surface area contributed by atoms with Gasteiger partial charge >= 0.3 is 0 Å². The molecule has 2 unspecified atom stereocenters. The SMILES string of the molecule is COC(C)C(C)NCc1ccccc1. The van der Waals surface area contributed by atoms with Crippen LogP contribution >= 0.6 is 0 Å². The van der Waals surface area contributed by atoms with E-state index in [0.29, 0.717) is 6.04 Å². The maximum Gasteiger partial charge on any atom is 0.0693 e. The van der Waals surface area contributed by atoms with Crippen LogP contribution in [0.5, 0.6) is 0 Å². The van der Waals surface area contributed by atoms with E-state index < -0.39 is 0 Å². The number of benzene rings is 1. The number of hydrogen-bond donors (Lipinski definition) is 1. The first kappa shape index (κ1) is 11.2. The van der Waals surface area contributed by atoms with Gasteiger partial charge in [0.05, 0.1) is 6.10 Å². The quantitative estimate of drug-likeness (QED) is 0.774. The maximum absolute atomic E-state index is 5.24. The Labute approximate surface area is 86.3 Å². The van der Waals surface area contributed by atoms with Gasteiger partial charge in [-0.15, -0.1) is 0 Å². The first-order valence-corrected chi connectivity index (χ1v) is 5.04. The van der Waals surface area contributed by atoms with Gasteiger partial charge in [0.1, 0.15) is 0 Å². The van der Waals surface area contributed by atoms with Gasteiger partial charge in [0.25, 0.3) is 0 Å². The summed E-state index contributed by atoms with van der Waals surface area (Å²) in [5.41, 5.74) is 1.31. The monoisotopic (exact) mass is 193 g/mol. The lowest BCUT2D eigenvalue weighted by atomic mass is 10.2. The van der Waals surface area contributed by atoms with Crippen LogP contribution in [0.3, 0.4) is 0 Å². The molecule has 14 heavy (non-hydrogen) atoms. The lowest BCUT2D eigenvalue weighted by Gasteiger charge is -2.19. The Hall–Kier alpha value is -0.860. The van der Waals surface area contributed by atoms with Gasteiger partial charge in [-0.05, 0) is 19.4 Å². The van der Waals surface area contributed by atoms with Crippen LogP contribution in [0.1, 0.15) is 19.4 Å². The first-order valence-electron chi connectivity index (χ1n) is 5.04. The van der Waals surface area contributed by atoms with Crippen LogP contribution in [0.25, 0.3) is 0 Å². The summed E-state index contributed by atoms with van der Waals surface area (Å²) in [6, 6.07) is 10.8. The lowest BCUT2D eigenvalue weighted by molar-refractivity contribution is 0.0882. The van der Waals surface area contributed by atoms with Crippen LogP contribution in [0, 0.1) is 0 Å². The van der Waals surface area contributed by atoms with Crippen molar-refractivity contribution in [1.29, 1.82) is 0 Å². The van der Waals surface area contributed by atoms with Crippen LogP contribution in [-0.2, 0) is 11.3 Å². The largest absolute Gasteiger partial charge is 0.380 e. The van der Waals surface area contributed by atoms with E-state index in [1.807, 2.05) is 6.07 Å². The fourth-order valence-electron chi connectivity index (χ4n) is 1.24. The van der Waals surface area contributed by atoms with Crippen molar-refractivity contribution in [2.24, 2.45) is 0 Å². The van der Waals surface area contributed by atoms with Crippen molar-refractivity contribution in [3.8, 4) is 0 Å². The van der Waals surface area contributed by atoms with Crippen molar-refractivity contribution >= 4 is 0 Å². The number of nitrogens with one attached hydrogen (secondary N) is 1. The zero-order valence-electron chi connectivity index (χ0n) is 9.16. The van der Waals surface area contributed by atoms with Crippen molar-refractivity contribution in [2.45, 2.75) is 32.5 Å². The molecule has 2 nitrogen and oxygen atoms in total. The molecule has 2 atom stereocenters. The van der Waals surface area contributed by atoms with Crippen molar-refractivity contribution in [3.05, 3.63) is 35.9 Å². The van der Waals surface area contributed by atoms with E-state index in [2.05, 4.69) is 43.4 Å². The highest BCUT2D eigenvalue weighted by Crippen LogP contribution is 2.01. The normalized spacial score (nSPS) is 15.1. The highest BCUT2D eigenvalue weighted by molar-refractivity contribution is 5.14. The van der Waals surface area contributed by atoms with E-state index in [1.54, 1.807) is 7.11 Å². The van der Waals surface area contributed by atoms with Crippen molar-refractivity contribution in [3.63, 3.8) is 0 Å². The maximum atomic E-state index is 5.24. The number of hydrogen-bond acceptors (Lipinski definition) is 2. The molecule has 1 aromatic carbocycles. The number of ether oxygens (including phenoxy) is 1. The second-order valence-electron chi connectivity index (χ2n) is 3.60. The molecule has 1 aromatic rings. The Morgan fingerprint density at radius 2 is 1.86 bits per heavy atom. The lowest BCUT2D eigenvalue weighted by Crippen LogP contribution is -2.36. The van der Waals surface area contributed by atoms with E-state index in [4.69, 9.17) is 4.74 Å². The van der Waals surface area contributed by atoms with Gasteiger partial charge in [0.2, 0.25) is 0 Å². The standard InChI is InChI=1S/C12H19NO/c1-10(11(2)14-3)13-9-12-7-5-4-6-8-12/h4-8,10-11,13H,9H2,1-3H3. The van der Waals surface area contributed by atoms with Gasteiger partial charge in [-0.1, -0.05) is 30.3 Å². The van der Waals surface area contributed by atoms with Gasteiger partial charge < -0.3 is 10.1 Å². The summed E-state index contributed by atoms with van der Waals surface area (Å²) in [5.74, 6) is 0. The molecule has 0 fully saturated rings. The summed E-state index contributed by atoms with van der Waals surface area (Å²) < 4.78 is 5.24. The Bertz CT molecular complexity index is 248. The summed E-state index contributed by atoms with van der Waals surface area (Å²) in [6.07, 6.45) is 0.249. The molecule has 0 amide bonds. The predicted molar refractivity (Wildman–Crippen MR) is 59.2 cm³/mol. The topological polar surface area (TPSA) is 21.3 Å². The second-order valence-corrected chi connectivity index (χ2v) is 3.60. The van der Waals surface area contributed by atoms with Crippen molar-refractivity contribution < 1.29 is 4.74 Å². The molecule has 0 aliphatic carbocycles. The van der Waals surface area contributed by atoms with E-state index in [9.17, 15) is 0 Å². The number of rotatable bonds is 5. The predicted octanol–water partition coefficient (Wildman–Crippen LogP) is 2.20. The first-order chi connectivity index (χ1) is 6.74. The van der Waals surface area contributed by atoms with Crippen LogP contribution in [0.15, 0.2) is 30.3 Å². The Morgan fingerprint density at radius 1 is 1.21 bits per heavy atom. The van der Waals surface area contributed by atoms with Crippen LogP contribution in [0.2, 0.25) is 0 Å². The van der Waals surface area contributed by atoms with Crippen LogP contribution in [-0.4, -0.2) is 19.3 Å². The molecule has 0 heterocycles. The molecule has 1 N–H and O–H groups in total. The van der Waals surface area contributed by atoms with Gasteiger partial charge in [-0.25, -0.2) is 0 Å². The molecule has 0 radical (unpaired) electrons. The molecule has 0 aliphatic rings. The second kappa shape index (κ2) is 5.78. The molecular formula is C12H19NO. The summed E-state index contributed by atoms with van der Waals surface area (Å²) in [7, 11) is 1.74. The molecular weight excluding hydrogens is 174 g/mol. The summed E-state index contributed by atoms with van der Waals surface area (Å²) in [5, 5.41) is 3.42. The minimum absolute atomic E-state index is 0.249. The third-order valence-corrected chi connectivity index (χ3v) is 2.55. The Morgan fingerprint density at radius 3 is 2.43 bits per heavy atom. The molecule has 0 spiro atoms. The Kier molecular flexibility index (Phi) is 4.63. The van der Waals surface area contributed by atoms with Crippen molar-refractivity contribution in [1.82, 2.24) is 5.32 Å². The summed E-state index contributed by atoms with van der Waals surface area (Å²) in [6.45, 7) is 5.11. The van der Waals surface area contributed by atoms with Crippen LogP contribution < -0.4 is 5.32 Å². The van der Waals surface area contributed by atoms with E-state index >= 15 is 0 Å². The zero-order valence-corrected chi connectivity index (χ0v) is 9.16. The molecule has 0 saturated heterocycles. The molecule has 1 rings (SSSR count). The zero-order chi connectivity index (χ0) is 10.4. The Balaban J connectivity index is 2.34. The third-order valence-electron chi connectivity index (χ3n) is 2.55. The van der Waals surface area contributed by atoms with Crippen LogP contribution in [0.4, 0.5) is 0 Å².